The van der Waals surface area contributed by atoms with Gasteiger partial charge < -0.3 is 14.2 Å². The predicted octanol–water partition coefficient (Wildman–Crippen LogP) is 1.69. The van der Waals surface area contributed by atoms with Crippen LogP contribution in [-0.2, 0) is 14.2 Å². The highest BCUT2D eigenvalue weighted by molar-refractivity contribution is 5.59. The van der Waals surface area contributed by atoms with Gasteiger partial charge in [0.1, 0.15) is 0 Å². The first kappa shape index (κ1) is 9.32. The zero-order valence-electron chi connectivity index (χ0n) is 7.25. The summed E-state index contributed by atoms with van der Waals surface area (Å²) in [5, 5.41) is 0. The maximum absolute atomic E-state index is 10.8. The van der Waals surface area contributed by atoms with E-state index in [1.165, 1.54) is 0 Å². The number of hydrogen-bond acceptors (Lipinski definition) is 4. The van der Waals surface area contributed by atoms with Crippen molar-refractivity contribution < 1.29 is 19.0 Å². The summed E-state index contributed by atoms with van der Waals surface area (Å²) in [4.78, 5) is 10.8. The number of carbonyl (C=O) groups is 1. The van der Waals surface area contributed by atoms with Crippen LogP contribution in [0.2, 0.25) is 0 Å². The molecule has 0 bridgehead atoms. The zero-order chi connectivity index (χ0) is 8.81. The minimum absolute atomic E-state index is 0.339. The van der Waals surface area contributed by atoms with Gasteiger partial charge in [-0.3, -0.25) is 0 Å². The molecular formula is C8H14O4. The van der Waals surface area contributed by atoms with E-state index in [0.29, 0.717) is 13.2 Å². The molecular weight excluding hydrogens is 160 g/mol. The molecule has 0 aromatic rings. The van der Waals surface area contributed by atoms with Gasteiger partial charge in [0.25, 0.3) is 0 Å². The van der Waals surface area contributed by atoms with E-state index in [0.717, 1.165) is 19.3 Å². The van der Waals surface area contributed by atoms with E-state index in [9.17, 15) is 4.79 Å². The molecule has 0 radical (unpaired) electrons. The van der Waals surface area contributed by atoms with Crippen molar-refractivity contribution in [2.24, 2.45) is 0 Å². The van der Waals surface area contributed by atoms with Crippen LogP contribution in [-0.4, -0.2) is 25.7 Å². The number of ether oxygens (including phenoxy) is 3. The highest BCUT2D eigenvalue weighted by Crippen LogP contribution is 2.13. The van der Waals surface area contributed by atoms with Crippen LogP contribution in [0.4, 0.5) is 4.79 Å². The van der Waals surface area contributed by atoms with Crippen molar-refractivity contribution in [3.8, 4) is 0 Å². The molecule has 70 valence electrons. The molecule has 12 heavy (non-hydrogen) atoms. The molecule has 4 heteroatoms. The van der Waals surface area contributed by atoms with Gasteiger partial charge in [-0.1, -0.05) is 0 Å². The molecule has 4 nitrogen and oxygen atoms in total. The SMILES string of the molecule is CCOC(=O)OC1CCCCO1. The summed E-state index contributed by atoms with van der Waals surface area (Å²) in [5.41, 5.74) is 0. The van der Waals surface area contributed by atoms with E-state index >= 15 is 0 Å². The van der Waals surface area contributed by atoms with Crippen molar-refractivity contribution in [1.29, 1.82) is 0 Å². The molecule has 1 aliphatic heterocycles. The molecule has 0 aliphatic carbocycles. The van der Waals surface area contributed by atoms with E-state index in [1.54, 1.807) is 6.92 Å². The molecule has 1 fully saturated rings. The Bertz CT molecular complexity index is 140. The van der Waals surface area contributed by atoms with Crippen LogP contribution < -0.4 is 0 Å². The Morgan fingerprint density at radius 2 is 2.42 bits per heavy atom. The lowest BCUT2D eigenvalue weighted by molar-refractivity contribution is -0.141. The van der Waals surface area contributed by atoms with Crippen molar-refractivity contribution in [3.63, 3.8) is 0 Å². The van der Waals surface area contributed by atoms with Gasteiger partial charge in [-0.25, -0.2) is 4.79 Å². The second-order valence-corrected chi connectivity index (χ2v) is 2.60. The Kier molecular flexibility index (Phi) is 3.87. The molecule has 0 aromatic carbocycles. The van der Waals surface area contributed by atoms with Crippen LogP contribution in [0.3, 0.4) is 0 Å². The minimum atomic E-state index is -0.635. The van der Waals surface area contributed by atoms with Crippen molar-refractivity contribution >= 4 is 6.16 Å². The Morgan fingerprint density at radius 1 is 1.58 bits per heavy atom. The highest BCUT2D eigenvalue weighted by Gasteiger charge is 2.18. The Morgan fingerprint density at radius 3 is 3.00 bits per heavy atom. The molecule has 1 atom stereocenters. The van der Waals surface area contributed by atoms with Crippen LogP contribution in [0.15, 0.2) is 0 Å². The molecule has 1 rings (SSSR count). The van der Waals surface area contributed by atoms with Crippen LogP contribution in [0.1, 0.15) is 26.2 Å². The largest absolute Gasteiger partial charge is 0.510 e. The van der Waals surface area contributed by atoms with Crippen molar-refractivity contribution in [2.75, 3.05) is 13.2 Å². The molecule has 1 heterocycles. The third-order valence-corrected chi connectivity index (χ3v) is 1.63. The topological polar surface area (TPSA) is 44.8 Å². The average Bonchev–Trinajstić information content (AvgIpc) is 2.06. The van der Waals surface area contributed by atoms with Crippen LogP contribution in [0, 0.1) is 0 Å². The summed E-state index contributed by atoms with van der Waals surface area (Å²) >= 11 is 0. The maximum atomic E-state index is 10.8. The summed E-state index contributed by atoms with van der Waals surface area (Å²) in [6, 6.07) is 0. The van der Waals surface area contributed by atoms with Crippen LogP contribution >= 0.6 is 0 Å². The second kappa shape index (κ2) is 4.98. The number of carbonyl (C=O) groups excluding carboxylic acids is 1. The molecule has 1 aliphatic rings. The van der Waals surface area contributed by atoms with Crippen LogP contribution in [0.5, 0.6) is 0 Å². The van der Waals surface area contributed by atoms with Crippen LogP contribution in [0.25, 0.3) is 0 Å². The highest BCUT2D eigenvalue weighted by atomic mass is 16.8. The normalized spacial score (nSPS) is 23.2. The first-order valence-electron chi connectivity index (χ1n) is 4.28. The Labute approximate surface area is 71.8 Å². The van der Waals surface area contributed by atoms with E-state index < -0.39 is 12.4 Å². The van der Waals surface area contributed by atoms with E-state index in [1.807, 2.05) is 0 Å². The molecule has 0 amide bonds. The fourth-order valence-electron chi connectivity index (χ4n) is 1.06. The van der Waals surface area contributed by atoms with Gasteiger partial charge in [-0.15, -0.1) is 0 Å². The molecule has 1 unspecified atom stereocenters. The lowest BCUT2D eigenvalue weighted by Gasteiger charge is -2.21. The lowest BCUT2D eigenvalue weighted by atomic mass is 10.2. The van der Waals surface area contributed by atoms with Gasteiger partial charge in [0.05, 0.1) is 13.2 Å². The zero-order valence-corrected chi connectivity index (χ0v) is 7.25. The smallest absolute Gasteiger partial charge is 0.435 e. The molecule has 0 saturated carbocycles. The predicted molar refractivity (Wildman–Crippen MR) is 41.7 cm³/mol. The Hall–Kier alpha value is -0.770. The van der Waals surface area contributed by atoms with Crippen molar-refractivity contribution in [3.05, 3.63) is 0 Å². The Balaban J connectivity index is 2.15. The summed E-state index contributed by atoms with van der Waals surface area (Å²) < 4.78 is 14.6. The summed E-state index contributed by atoms with van der Waals surface area (Å²) in [5.74, 6) is 0. The third kappa shape index (κ3) is 3.09. The standard InChI is InChI=1S/C8H14O4/c1-2-10-8(9)12-7-5-3-4-6-11-7/h7H,2-6H2,1H3. The summed E-state index contributed by atoms with van der Waals surface area (Å²) in [6.45, 7) is 2.75. The van der Waals surface area contributed by atoms with E-state index in [4.69, 9.17) is 9.47 Å². The molecule has 0 spiro atoms. The van der Waals surface area contributed by atoms with Gasteiger partial charge in [0.2, 0.25) is 6.29 Å². The second-order valence-electron chi connectivity index (χ2n) is 2.60. The fourth-order valence-corrected chi connectivity index (χ4v) is 1.06. The van der Waals surface area contributed by atoms with Gasteiger partial charge in [0.15, 0.2) is 0 Å². The quantitative estimate of drug-likeness (QED) is 0.597. The molecule has 0 aromatic heterocycles. The fraction of sp³-hybridized carbons (Fsp3) is 0.875. The number of rotatable bonds is 2. The van der Waals surface area contributed by atoms with Gasteiger partial charge in [-0.05, 0) is 19.8 Å². The lowest BCUT2D eigenvalue weighted by Crippen LogP contribution is -2.25. The molecule has 1 saturated heterocycles. The first-order chi connectivity index (χ1) is 5.83. The van der Waals surface area contributed by atoms with Crippen molar-refractivity contribution in [2.45, 2.75) is 32.5 Å². The van der Waals surface area contributed by atoms with E-state index in [2.05, 4.69) is 4.74 Å². The molecule has 0 N–H and O–H groups in total. The summed E-state index contributed by atoms with van der Waals surface area (Å²) in [7, 11) is 0. The number of hydrogen-bond donors (Lipinski definition) is 0. The van der Waals surface area contributed by atoms with Gasteiger partial charge >= 0.3 is 6.16 Å². The minimum Gasteiger partial charge on any atom is -0.435 e. The van der Waals surface area contributed by atoms with Gasteiger partial charge in [0, 0.05) is 6.42 Å². The first-order valence-corrected chi connectivity index (χ1v) is 4.28. The maximum Gasteiger partial charge on any atom is 0.510 e. The monoisotopic (exact) mass is 174 g/mol. The average molecular weight is 174 g/mol. The third-order valence-electron chi connectivity index (χ3n) is 1.63. The van der Waals surface area contributed by atoms with Gasteiger partial charge in [-0.2, -0.15) is 0 Å². The van der Waals surface area contributed by atoms with E-state index in [-0.39, 0.29) is 0 Å². The summed E-state index contributed by atoms with van der Waals surface area (Å²) in [6.07, 6.45) is 1.84. The van der Waals surface area contributed by atoms with Crippen molar-refractivity contribution in [1.82, 2.24) is 0 Å².